The van der Waals surface area contributed by atoms with Gasteiger partial charge in [-0.15, -0.1) is 0 Å². The summed E-state index contributed by atoms with van der Waals surface area (Å²) in [6.07, 6.45) is 4.22. The SMILES string of the molecule is CNCCc1ccccc1C(=O)OC1CCC1. The van der Waals surface area contributed by atoms with Crippen molar-refractivity contribution in [2.75, 3.05) is 13.6 Å². The molecule has 0 aliphatic heterocycles. The Morgan fingerprint density at radius 2 is 2.18 bits per heavy atom. The zero-order valence-electron chi connectivity index (χ0n) is 10.2. The minimum Gasteiger partial charge on any atom is -0.459 e. The summed E-state index contributed by atoms with van der Waals surface area (Å²) in [6, 6.07) is 7.70. The van der Waals surface area contributed by atoms with Gasteiger partial charge in [-0.05, 0) is 50.9 Å². The molecule has 1 aromatic rings. The molecule has 0 spiro atoms. The number of benzene rings is 1. The minimum absolute atomic E-state index is 0.153. The second kappa shape index (κ2) is 5.82. The quantitative estimate of drug-likeness (QED) is 0.792. The molecule has 92 valence electrons. The summed E-state index contributed by atoms with van der Waals surface area (Å²) in [7, 11) is 1.91. The molecule has 3 nitrogen and oxygen atoms in total. The predicted molar refractivity (Wildman–Crippen MR) is 67.1 cm³/mol. The lowest BCUT2D eigenvalue weighted by molar-refractivity contribution is 0.00890. The topological polar surface area (TPSA) is 38.3 Å². The van der Waals surface area contributed by atoms with Gasteiger partial charge in [0.05, 0.1) is 5.56 Å². The van der Waals surface area contributed by atoms with E-state index in [1.807, 2.05) is 31.3 Å². The molecule has 17 heavy (non-hydrogen) atoms. The molecule has 1 saturated carbocycles. The monoisotopic (exact) mass is 233 g/mol. The third-order valence-corrected chi connectivity index (χ3v) is 3.21. The number of likely N-dealkylation sites (N-methyl/N-ethyl adjacent to an activating group) is 1. The van der Waals surface area contributed by atoms with Gasteiger partial charge in [0.2, 0.25) is 0 Å². The predicted octanol–water partition coefficient (Wildman–Crippen LogP) is 2.16. The van der Waals surface area contributed by atoms with Gasteiger partial charge in [0.15, 0.2) is 0 Å². The van der Waals surface area contributed by atoms with Crippen LogP contribution in [0, 0.1) is 0 Å². The summed E-state index contributed by atoms with van der Waals surface area (Å²) in [5, 5.41) is 3.09. The molecule has 0 saturated heterocycles. The highest BCUT2D eigenvalue weighted by molar-refractivity contribution is 5.91. The Hall–Kier alpha value is -1.35. The van der Waals surface area contributed by atoms with Crippen LogP contribution in [0.15, 0.2) is 24.3 Å². The number of ether oxygens (including phenoxy) is 1. The normalized spacial score (nSPS) is 15.4. The van der Waals surface area contributed by atoms with E-state index in [9.17, 15) is 4.79 Å². The molecule has 0 bridgehead atoms. The number of nitrogens with one attached hydrogen (secondary N) is 1. The number of carbonyl (C=O) groups is 1. The highest BCUT2D eigenvalue weighted by Gasteiger charge is 2.23. The van der Waals surface area contributed by atoms with Crippen molar-refractivity contribution in [3.8, 4) is 0 Å². The lowest BCUT2D eigenvalue weighted by atomic mass is 9.96. The van der Waals surface area contributed by atoms with Crippen LogP contribution in [-0.2, 0) is 11.2 Å². The number of hydrogen-bond acceptors (Lipinski definition) is 3. The first kappa shape index (κ1) is 12.1. The molecule has 1 aromatic carbocycles. The van der Waals surface area contributed by atoms with Crippen LogP contribution in [0.4, 0.5) is 0 Å². The molecular weight excluding hydrogens is 214 g/mol. The van der Waals surface area contributed by atoms with E-state index < -0.39 is 0 Å². The first-order valence-electron chi connectivity index (χ1n) is 6.24. The van der Waals surface area contributed by atoms with E-state index in [2.05, 4.69) is 5.32 Å². The van der Waals surface area contributed by atoms with E-state index in [4.69, 9.17) is 4.74 Å². The van der Waals surface area contributed by atoms with Gasteiger partial charge in [0, 0.05) is 0 Å². The van der Waals surface area contributed by atoms with Gasteiger partial charge in [-0.1, -0.05) is 18.2 Å². The van der Waals surface area contributed by atoms with Gasteiger partial charge in [0.1, 0.15) is 6.10 Å². The minimum atomic E-state index is -0.165. The highest BCUT2D eigenvalue weighted by atomic mass is 16.5. The van der Waals surface area contributed by atoms with Crippen molar-refractivity contribution in [2.45, 2.75) is 31.8 Å². The molecule has 1 N–H and O–H groups in total. The van der Waals surface area contributed by atoms with Crippen molar-refractivity contribution < 1.29 is 9.53 Å². The van der Waals surface area contributed by atoms with Gasteiger partial charge in [-0.2, -0.15) is 0 Å². The van der Waals surface area contributed by atoms with E-state index in [1.54, 1.807) is 0 Å². The summed E-state index contributed by atoms with van der Waals surface area (Å²) < 4.78 is 5.43. The molecule has 0 heterocycles. The Bertz CT molecular complexity index is 386. The second-order valence-corrected chi connectivity index (χ2v) is 4.47. The molecule has 0 radical (unpaired) electrons. The van der Waals surface area contributed by atoms with Crippen molar-refractivity contribution in [1.82, 2.24) is 5.32 Å². The fourth-order valence-corrected chi connectivity index (χ4v) is 1.90. The maximum absolute atomic E-state index is 12.0. The standard InChI is InChI=1S/C14H19NO2/c1-15-10-9-11-5-2-3-8-13(11)14(16)17-12-6-4-7-12/h2-3,5,8,12,15H,4,6-7,9-10H2,1H3. The lowest BCUT2D eigenvalue weighted by Gasteiger charge is -2.25. The molecular formula is C14H19NO2. The maximum Gasteiger partial charge on any atom is 0.338 e. The Morgan fingerprint density at radius 1 is 1.41 bits per heavy atom. The van der Waals surface area contributed by atoms with Crippen molar-refractivity contribution in [1.29, 1.82) is 0 Å². The first-order chi connectivity index (χ1) is 8.31. The fraction of sp³-hybridized carbons (Fsp3) is 0.500. The van der Waals surface area contributed by atoms with Crippen molar-refractivity contribution >= 4 is 5.97 Å². The third kappa shape index (κ3) is 3.07. The first-order valence-corrected chi connectivity index (χ1v) is 6.24. The number of hydrogen-bond donors (Lipinski definition) is 1. The average molecular weight is 233 g/mol. The van der Waals surface area contributed by atoms with E-state index in [0.717, 1.165) is 36.9 Å². The van der Waals surface area contributed by atoms with Crippen molar-refractivity contribution in [3.05, 3.63) is 35.4 Å². The third-order valence-electron chi connectivity index (χ3n) is 3.21. The van der Waals surface area contributed by atoms with Crippen molar-refractivity contribution in [3.63, 3.8) is 0 Å². The van der Waals surface area contributed by atoms with Crippen LogP contribution >= 0.6 is 0 Å². The van der Waals surface area contributed by atoms with Crippen LogP contribution in [0.3, 0.4) is 0 Å². The van der Waals surface area contributed by atoms with Gasteiger partial charge < -0.3 is 10.1 Å². The lowest BCUT2D eigenvalue weighted by Crippen LogP contribution is -2.25. The smallest absolute Gasteiger partial charge is 0.338 e. The van der Waals surface area contributed by atoms with Crippen LogP contribution in [0.25, 0.3) is 0 Å². The molecule has 1 aliphatic rings. The van der Waals surface area contributed by atoms with E-state index in [-0.39, 0.29) is 12.1 Å². The molecule has 0 unspecified atom stereocenters. The second-order valence-electron chi connectivity index (χ2n) is 4.47. The Kier molecular flexibility index (Phi) is 4.15. The summed E-state index contributed by atoms with van der Waals surface area (Å²) >= 11 is 0. The highest BCUT2D eigenvalue weighted by Crippen LogP contribution is 2.23. The molecule has 1 fully saturated rings. The van der Waals surface area contributed by atoms with E-state index in [0.29, 0.717) is 0 Å². The Morgan fingerprint density at radius 3 is 2.82 bits per heavy atom. The van der Waals surface area contributed by atoms with Crippen LogP contribution in [0.2, 0.25) is 0 Å². The Labute approximate surface area is 102 Å². The van der Waals surface area contributed by atoms with Crippen LogP contribution in [-0.4, -0.2) is 25.7 Å². The van der Waals surface area contributed by atoms with Crippen LogP contribution < -0.4 is 5.32 Å². The largest absolute Gasteiger partial charge is 0.459 e. The van der Waals surface area contributed by atoms with Gasteiger partial charge in [-0.25, -0.2) is 4.79 Å². The average Bonchev–Trinajstić information content (AvgIpc) is 2.31. The van der Waals surface area contributed by atoms with Crippen LogP contribution in [0.1, 0.15) is 35.2 Å². The molecule has 3 heteroatoms. The summed E-state index contributed by atoms with van der Waals surface area (Å²) in [4.78, 5) is 12.0. The molecule has 1 aliphatic carbocycles. The molecule has 2 rings (SSSR count). The summed E-state index contributed by atoms with van der Waals surface area (Å²) in [5.41, 5.74) is 1.78. The number of rotatable bonds is 5. The van der Waals surface area contributed by atoms with E-state index >= 15 is 0 Å². The van der Waals surface area contributed by atoms with Crippen LogP contribution in [0.5, 0.6) is 0 Å². The van der Waals surface area contributed by atoms with Gasteiger partial charge in [-0.3, -0.25) is 0 Å². The number of esters is 1. The van der Waals surface area contributed by atoms with Gasteiger partial charge in [0.25, 0.3) is 0 Å². The fourth-order valence-electron chi connectivity index (χ4n) is 1.90. The zero-order chi connectivity index (χ0) is 12.1. The molecule has 0 aromatic heterocycles. The van der Waals surface area contributed by atoms with Crippen molar-refractivity contribution in [2.24, 2.45) is 0 Å². The molecule has 0 atom stereocenters. The Balaban J connectivity index is 2.04. The number of carbonyl (C=O) groups excluding carboxylic acids is 1. The summed E-state index contributed by atoms with van der Waals surface area (Å²) in [6.45, 7) is 0.869. The van der Waals surface area contributed by atoms with Gasteiger partial charge >= 0.3 is 5.97 Å². The zero-order valence-corrected chi connectivity index (χ0v) is 10.2. The van der Waals surface area contributed by atoms with E-state index in [1.165, 1.54) is 6.42 Å². The molecule has 0 amide bonds. The maximum atomic E-state index is 12.0. The summed E-state index contributed by atoms with van der Waals surface area (Å²) in [5.74, 6) is -0.165.